The summed E-state index contributed by atoms with van der Waals surface area (Å²) in [5.74, 6) is 3.84. The molecule has 2 heterocycles. The van der Waals surface area contributed by atoms with Crippen LogP contribution in [-0.2, 0) is 72.4 Å². The molecule has 0 bridgehead atoms. The molecule has 8 rings (SSSR count). The number of carbonyl (C=O) groups is 2. The van der Waals surface area contributed by atoms with Crippen LogP contribution < -0.4 is 29.6 Å². The van der Waals surface area contributed by atoms with Gasteiger partial charge in [-0.05, 0) is 200 Å². The summed E-state index contributed by atoms with van der Waals surface area (Å²) in [7, 11) is 3.20. The Hall–Kier alpha value is -8.10. The Balaban J connectivity index is 0.738. The number of nitrogens with zero attached hydrogens (tertiary/aromatic N) is 4. The second-order valence-electron chi connectivity index (χ2n) is 21.6. The van der Waals surface area contributed by atoms with Crippen molar-refractivity contribution in [2.24, 2.45) is 0 Å². The molecule has 8 aromatic rings. The lowest BCUT2D eigenvalue weighted by molar-refractivity contribution is -0.112. The minimum absolute atomic E-state index is 0.308. The van der Waals surface area contributed by atoms with Crippen LogP contribution in [0.2, 0.25) is 0 Å². The number of carbonyl (C=O) groups excluding carboxylic acids is 2. The van der Waals surface area contributed by atoms with E-state index in [9.17, 15) is 18.7 Å². The number of hydrogen-bond acceptors (Lipinski definition) is 12. The van der Waals surface area contributed by atoms with E-state index in [1.54, 1.807) is 81.2 Å². The fourth-order valence-electron chi connectivity index (χ4n) is 10.1. The van der Waals surface area contributed by atoms with E-state index < -0.39 is 22.4 Å². The van der Waals surface area contributed by atoms with Gasteiger partial charge in [0.1, 0.15) is 42.0 Å². The molecule has 474 valence electrons. The zero-order valence-electron chi connectivity index (χ0n) is 52.8. The number of amides is 2. The van der Waals surface area contributed by atoms with Crippen molar-refractivity contribution in [1.29, 1.82) is 0 Å². The molecule has 0 saturated heterocycles. The number of imidazole rings is 2. The predicted molar refractivity (Wildman–Crippen MR) is 360 cm³/mol. The topological polar surface area (TPSA) is 195 Å². The molecular formula is C72H84N6O10S2. The third kappa shape index (κ3) is 19.9. The summed E-state index contributed by atoms with van der Waals surface area (Å²) in [5.41, 5.74) is 10.3. The summed E-state index contributed by atoms with van der Waals surface area (Å²) >= 11 is -2.60. The van der Waals surface area contributed by atoms with E-state index in [-0.39, 0.29) is 11.8 Å². The van der Waals surface area contributed by atoms with Crippen LogP contribution in [0.5, 0.6) is 23.0 Å². The lowest BCUT2D eigenvalue weighted by Crippen LogP contribution is -2.13. The third-order valence-corrected chi connectivity index (χ3v) is 17.6. The van der Waals surface area contributed by atoms with Crippen molar-refractivity contribution in [3.05, 3.63) is 192 Å². The van der Waals surface area contributed by atoms with E-state index in [2.05, 4.69) is 45.5 Å². The van der Waals surface area contributed by atoms with E-state index in [4.69, 9.17) is 33.4 Å². The van der Waals surface area contributed by atoms with E-state index in [1.165, 1.54) is 12.2 Å². The van der Waals surface area contributed by atoms with Crippen molar-refractivity contribution in [1.82, 2.24) is 19.1 Å². The Morgan fingerprint density at radius 2 is 1.01 bits per heavy atom. The minimum atomic E-state index is -1.34. The second-order valence-corrected chi connectivity index (χ2v) is 24.5. The summed E-state index contributed by atoms with van der Waals surface area (Å²) in [4.78, 5) is 36.9. The van der Waals surface area contributed by atoms with Crippen molar-refractivity contribution in [3.8, 4) is 45.3 Å². The van der Waals surface area contributed by atoms with E-state index in [0.29, 0.717) is 77.2 Å². The van der Waals surface area contributed by atoms with Gasteiger partial charge >= 0.3 is 0 Å². The monoisotopic (exact) mass is 1260 g/mol. The molecule has 90 heavy (non-hydrogen) atoms. The molecule has 2 N–H and O–H groups in total. The zero-order valence-corrected chi connectivity index (χ0v) is 54.4. The number of aromatic nitrogens is 4. The standard InChI is InChI=1S/C72H84N6O10S2/c1-8-11-41-85-43-45-87-62-27-15-54(16-28-62)56-19-35-69(84-7)59(47-56)22-38-72(80)76-61-25-33-65(34-26-61)90(82)50-67-53(5)74-70(78(67)40-10-3)14-12-13-42-86-44-46-88-63-29-17-55(18-30-63)57-20-36-68(83-6)58(48-57)21-37-71(79)75-60-23-31-64(32-24-60)89(81)49-66-52(4)73-51-77(66)39-9-2/h15-38,47-48,51H,8-14,39-46,49-50H2,1-7H3,(H,75,79)(H,76,80)/b37-21+,38-22+/t89-,90+/m0/s1. The van der Waals surface area contributed by atoms with Crippen LogP contribution >= 0.6 is 0 Å². The van der Waals surface area contributed by atoms with E-state index in [1.807, 2.05) is 98.8 Å². The molecule has 0 unspecified atom stereocenters. The van der Waals surface area contributed by atoms with E-state index in [0.717, 1.165) is 138 Å². The fraction of sp³-hybridized carbons (Fsp3) is 0.333. The average molecular weight is 1260 g/mol. The molecule has 0 saturated carbocycles. The van der Waals surface area contributed by atoms with Crippen LogP contribution in [0.4, 0.5) is 11.4 Å². The van der Waals surface area contributed by atoms with Crippen LogP contribution in [0.15, 0.2) is 162 Å². The Labute approximate surface area is 536 Å². The van der Waals surface area contributed by atoms with Gasteiger partial charge in [0.05, 0.1) is 56.5 Å². The lowest BCUT2D eigenvalue weighted by atomic mass is 10.0. The van der Waals surface area contributed by atoms with Crippen molar-refractivity contribution in [3.63, 3.8) is 0 Å². The summed E-state index contributed by atoms with van der Waals surface area (Å²) < 4.78 is 66.0. The Morgan fingerprint density at radius 1 is 0.533 bits per heavy atom. The van der Waals surface area contributed by atoms with Crippen LogP contribution in [0, 0.1) is 13.8 Å². The van der Waals surface area contributed by atoms with Crippen molar-refractivity contribution >= 4 is 57.7 Å². The largest absolute Gasteiger partial charge is 0.611 e. The van der Waals surface area contributed by atoms with Gasteiger partial charge in [0.15, 0.2) is 21.3 Å². The number of aryl methyl sites for hydroxylation is 4. The highest BCUT2D eigenvalue weighted by Gasteiger charge is 2.22. The zero-order chi connectivity index (χ0) is 63.6. The second kappa shape index (κ2) is 35.3. The van der Waals surface area contributed by atoms with Gasteiger partial charge in [-0.2, -0.15) is 0 Å². The Morgan fingerprint density at radius 3 is 1.49 bits per heavy atom. The van der Waals surface area contributed by atoms with Crippen LogP contribution in [0.25, 0.3) is 34.4 Å². The van der Waals surface area contributed by atoms with Crippen LogP contribution in [0.1, 0.15) is 99.0 Å². The summed E-state index contributed by atoms with van der Waals surface area (Å²) in [6.07, 6.45) is 14.8. The van der Waals surface area contributed by atoms with Crippen molar-refractivity contribution < 1.29 is 47.1 Å². The number of ether oxygens (including phenoxy) is 6. The first-order valence-corrected chi connectivity index (χ1v) is 33.5. The number of anilines is 2. The molecule has 18 heteroatoms. The highest BCUT2D eigenvalue weighted by atomic mass is 32.2. The van der Waals surface area contributed by atoms with Gasteiger partial charge in [-0.25, -0.2) is 9.97 Å². The molecule has 2 aromatic heterocycles. The predicted octanol–water partition coefficient (Wildman–Crippen LogP) is 14.4. The highest BCUT2D eigenvalue weighted by Crippen LogP contribution is 2.32. The summed E-state index contributed by atoms with van der Waals surface area (Å²) in [6.45, 7) is 15.1. The number of unbranched alkanes of at least 4 members (excludes halogenated alkanes) is 2. The first-order valence-electron chi connectivity index (χ1n) is 30.8. The number of hydrogen-bond donors (Lipinski definition) is 2. The smallest absolute Gasteiger partial charge is 0.248 e. The summed E-state index contributed by atoms with van der Waals surface area (Å²) in [5, 5.41) is 5.82. The first kappa shape index (κ1) is 67.8. The van der Waals surface area contributed by atoms with Gasteiger partial charge in [-0.3, -0.25) is 9.59 Å². The van der Waals surface area contributed by atoms with Crippen LogP contribution in [0.3, 0.4) is 0 Å². The molecule has 16 nitrogen and oxygen atoms in total. The van der Waals surface area contributed by atoms with E-state index >= 15 is 0 Å². The molecule has 0 aliphatic carbocycles. The number of methoxy groups -OCH3 is 2. The third-order valence-electron chi connectivity index (χ3n) is 15.0. The van der Waals surface area contributed by atoms with Gasteiger partial charge < -0.3 is 57.3 Å². The maximum absolute atomic E-state index is 13.8. The molecule has 0 spiro atoms. The minimum Gasteiger partial charge on any atom is -0.611 e. The number of nitrogens with one attached hydrogen (secondary N) is 2. The van der Waals surface area contributed by atoms with Crippen molar-refractivity contribution in [2.45, 2.75) is 114 Å². The van der Waals surface area contributed by atoms with Gasteiger partial charge in [-0.15, -0.1) is 0 Å². The number of benzene rings is 6. The average Bonchev–Trinajstić information content (AvgIpc) is 2.70. The van der Waals surface area contributed by atoms with Crippen molar-refractivity contribution in [2.75, 3.05) is 64.5 Å². The SMILES string of the molecule is CCCCOCCOc1ccc(-c2ccc(OC)c(/C=C/C(=O)Nc3ccc([S@+]([O-])Cc4c(C)nc(CCCCOCCOc5ccc(-c6ccc(OC)c(/C=C/C(=O)Nc7ccc([S@@+]([O-])Cc8c(C)ncn8CCC)cc7)c6)cc5)n4CCC)cc3)c2)cc1. The molecule has 2 amide bonds. The van der Waals surface area contributed by atoms with Gasteiger partial charge in [-0.1, -0.05) is 63.6 Å². The van der Waals surface area contributed by atoms with Gasteiger partial charge in [0, 0.05) is 67.4 Å². The fourth-order valence-corrected chi connectivity index (χ4v) is 12.6. The molecule has 2 atom stereocenters. The Bertz CT molecular complexity index is 3610. The Kier molecular flexibility index (Phi) is 26.6. The quantitative estimate of drug-likeness (QED) is 0.0215. The maximum Gasteiger partial charge on any atom is 0.248 e. The molecule has 0 fully saturated rings. The molecular weight excluding hydrogens is 1170 g/mol. The summed E-state index contributed by atoms with van der Waals surface area (Å²) in [6, 6.07) is 41.6. The molecule has 0 radical (unpaired) electrons. The van der Waals surface area contributed by atoms with Gasteiger partial charge in [0.2, 0.25) is 11.8 Å². The molecule has 0 aliphatic rings. The molecule has 0 aliphatic heterocycles. The number of rotatable bonds is 36. The normalized spacial score (nSPS) is 12.1. The van der Waals surface area contributed by atoms with Gasteiger partial charge in [0.25, 0.3) is 0 Å². The highest BCUT2D eigenvalue weighted by molar-refractivity contribution is 7.91. The van der Waals surface area contributed by atoms with Crippen LogP contribution in [-0.4, -0.2) is 93.9 Å². The maximum atomic E-state index is 13.8. The first-order chi connectivity index (χ1) is 43.9. The molecule has 6 aromatic carbocycles. The lowest BCUT2D eigenvalue weighted by Gasteiger charge is -2.15.